The Morgan fingerprint density at radius 3 is 2.64 bits per heavy atom. The summed E-state index contributed by atoms with van der Waals surface area (Å²) in [6, 6.07) is 0. The van der Waals surface area contributed by atoms with Crippen molar-refractivity contribution in [1.29, 1.82) is 0 Å². The third-order valence-corrected chi connectivity index (χ3v) is 6.61. The Bertz CT molecular complexity index is 727. The van der Waals surface area contributed by atoms with Gasteiger partial charge in [0.05, 0.1) is 19.0 Å². The molecule has 3 rings (SSSR count). The van der Waals surface area contributed by atoms with Gasteiger partial charge < -0.3 is 9.64 Å². The van der Waals surface area contributed by atoms with Crippen LogP contribution in [0.3, 0.4) is 0 Å². The van der Waals surface area contributed by atoms with Gasteiger partial charge in [0.2, 0.25) is 5.91 Å². The van der Waals surface area contributed by atoms with Crippen LogP contribution in [0.1, 0.15) is 37.9 Å². The molecule has 0 unspecified atom stereocenters. The number of amides is 1. The van der Waals surface area contributed by atoms with E-state index in [0.29, 0.717) is 18.8 Å². The molecule has 1 aromatic heterocycles. The zero-order valence-corrected chi connectivity index (χ0v) is 17.9. The first-order valence-electron chi connectivity index (χ1n) is 10.5. The van der Waals surface area contributed by atoms with Crippen LogP contribution in [0.2, 0.25) is 0 Å². The van der Waals surface area contributed by atoms with Gasteiger partial charge in [0.15, 0.2) is 0 Å². The average molecular weight is 409 g/mol. The van der Waals surface area contributed by atoms with Crippen LogP contribution < -0.4 is 5.69 Å². The van der Waals surface area contributed by atoms with Crippen molar-refractivity contribution >= 4 is 17.7 Å². The molecule has 1 amide bonds. The molecule has 8 heteroatoms. The smallest absolute Gasteiger partial charge is 0.348 e. The molecule has 0 atom stereocenters. The molecule has 2 aliphatic rings. The summed E-state index contributed by atoms with van der Waals surface area (Å²) in [5.41, 5.74) is 2.16. The van der Waals surface area contributed by atoms with Gasteiger partial charge >= 0.3 is 5.69 Å². The average Bonchev–Trinajstić information content (AvgIpc) is 3.20. The SMILES string of the molecule is CCN(CC)C(=O)CSc1nc(=O)n(CCCN2CCOCC2)c2c1CCC2. The van der Waals surface area contributed by atoms with Crippen molar-refractivity contribution in [2.24, 2.45) is 0 Å². The van der Waals surface area contributed by atoms with E-state index in [-0.39, 0.29) is 11.6 Å². The van der Waals surface area contributed by atoms with Gasteiger partial charge in [-0.15, -0.1) is 0 Å². The number of nitrogens with zero attached hydrogens (tertiary/aromatic N) is 4. The quantitative estimate of drug-likeness (QED) is 0.455. The number of fused-ring (bicyclic) bond motifs is 1. The Labute approximate surface area is 171 Å². The molecule has 1 aromatic rings. The number of thioether (sulfide) groups is 1. The Kier molecular flexibility index (Phi) is 7.93. The lowest BCUT2D eigenvalue weighted by atomic mass is 10.2. The number of ether oxygens (including phenoxy) is 1. The molecular formula is C20H32N4O3S. The van der Waals surface area contributed by atoms with Crippen molar-refractivity contribution in [2.75, 3.05) is 51.7 Å². The van der Waals surface area contributed by atoms with Crippen LogP contribution in [0.4, 0.5) is 0 Å². The molecule has 0 N–H and O–H groups in total. The first-order valence-corrected chi connectivity index (χ1v) is 11.5. The summed E-state index contributed by atoms with van der Waals surface area (Å²) < 4.78 is 7.26. The van der Waals surface area contributed by atoms with Crippen LogP contribution in [0.5, 0.6) is 0 Å². The number of rotatable bonds is 9. The Morgan fingerprint density at radius 2 is 1.93 bits per heavy atom. The number of hydrogen-bond donors (Lipinski definition) is 0. The van der Waals surface area contributed by atoms with Crippen LogP contribution in [-0.2, 0) is 28.9 Å². The molecule has 2 heterocycles. The zero-order chi connectivity index (χ0) is 19.9. The van der Waals surface area contributed by atoms with Crippen LogP contribution in [0.15, 0.2) is 9.82 Å². The zero-order valence-electron chi connectivity index (χ0n) is 17.1. The highest BCUT2D eigenvalue weighted by molar-refractivity contribution is 7.99. The first kappa shape index (κ1) is 21.3. The van der Waals surface area contributed by atoms with Crippen LogP contribution in [0.25, 0.3) is 0 Å². The van der Waals surface area contributed by atoms with E-state index in [1.165, 1.54) is 17.3 Å². The monoisotopic (exact) mass is 408 g/mol. The normalized spacial score (nSPS) is 16.9. The summed E-state index contributed by atoms with van der Waals surface area (Å²) in [5.74, 6) is 0.458. The van der Waals surface area contributed by atoms with Gasteiger partial charge in [-0.2, -0.15) is 4.98 Å². The maximum absolute atomic E-state index is 12.7. The number of morpholine rings is 1. The minimum absolute atomic E-state index is 0.109. The van der Waals surface area contributed by atoms with E-state index in [9.17, 15) is 9.59 Å². The number of aromatic nitrogens is 2. The third kappa shape index (κ3) is 5.15. The van der Waals surface area contributed by atoms with Gasteiger partial charge in [-0.1, -0.05) is 11.8 Å². The Morgan fingerprint density at radius 1 is 1.18 bits per heavy atom. The molecule has 0 bridgehead atoms. The third-order valence-electron chi connectivity index (χ3n) is 5.61. The second-order valence-electron chi connectivity index (χ2n) is 7.29. The fourth-order valence-corrected chi connectivity index (χ4v) is 4.99. The van der Waals surface area contributed by atoms with E-state index in [4.69, 9.17) is 4.74 Å². The molecule has 1 fully saturated rings. The number of hydrogen-bond acceptors (Lipinski definition) is 6. The van der Waals surface area contributed by atoms with Gasteiger partial charge in [0.25, 0.3) is 0 Å². The molecule has 28 heavy (non-hydrogen) atoms. The van der Waals surface area contributed by atoms with Crippen molar-refractivity contribution < 1.29 is 9.53 Å². The van der Waals surface area contributed by atoms with Gasteiger partial charge in [-0.25, -0.2) is 4.79 Å². The molecule has 1 saturated heterocycles. The maximum Gasteiger partial charge on any atom is 0.348 e. The largest absolute Gasteiger partial charge is 0.379 e. The Balaban J connectivity index is 1.64. The van der Waals surface area contributed by atoms with Crippen molar-refractivity contribution in [2.45, 2.75) is 51.1 Å². The van der Waals surface area contributed by atoms with E-state index in [0.717, 1.165) is 75.8 Å². The minimum Gasteiger partial charge on any atom is -0.379 e. The summed E-state index contributed by atoms with van der Waals surface area (Å²) in [4.78, 5) is 33.6. The topological polar surface area (TPSA) is 67.7 Å². The second kappa shape index (κ2) is 10.4. The lowest BCUT2D eigenvalue weighted by Crippen LogP contribution is -2.37. The molecule has 1 aliphatic heterocycles. The van der Waals surface area contributed by atoms with Gasteiger partial charge in [0.1, 0.15) is 5.03 Å². The van der Waals surface area contributed by atoms with E-state index >= 15 is 0 Å². The summed E-state index contributed by atoms with van der Waals surface area (Å²) in [5, 5.41) is 0.766. The molecule has 0 aromatic carbocycles. The van der Waals surface area contributed by atoms with E-state index in [1.54, 1.807) is 0 Å². The lowest BCUT2D eigenvalue weighted by Gasteiger charge is -2.26. The van der Waals surface area contributed by atoms with Crippen molar-refractivity contribution in [3.63, 3.8) is 0 Å². The standard InChI is InChI=1S/C20H32N4O3S/c1-3-23(4-2)18(25)15-28-19-16-7-5-8-17(16)24(20(26)21-19)10-6-9-22-11-13-27-14-12-22/h3-15H2,1-2H3. The van der Waals surface area contributed by atoms with E-state index < -0.39 is 0 Å². The maximum atomic E-state index is 12.7. The number of carbonyl (C=O) groups excluding carboxylic acids is 1. The summed E-state index contributed by atoms with van der Waals surface area (Å²) in [7, 11) is 0. The Hall–Kier alpha value is -1.38. The van der Waals surface area contributed by atoms with Crippen LogP contribution in [-0.4, -0.2) is 76.9 Å². The van der Waals surface area contributed by atoms with E-state index in [1.807, 2.05) is 23.3 Å². The predicted octanol–water partition coefficient (Wildman–Crippen LogP) is 1.41. The van der Waals surface area contributed by atoms with Crippen molar-refractivity contribution in [1.82, 2.24) is 19.4 Å². The van der Waals surface area contributed by atoms with E-state index in [2.05, 4.69) is 9.88 Å². The van der Waals surface area contributed by atoms with Crippen LogP contribution >= 0.6 is 11.8 Å². The fourth-order valence-electron chi connectivity index (χ4n) is 4.01. The van der Waals surface area contributed by atoms with Crippen molar-refractivity contribution in [3.8, 4) is 0 Å². The summed E-state index contributed by atoms with van der Waals surface area (Å²) in [6.45, 7) is 10.7. The van der Waals surface area contributed by atoms with Gasteiger partial charge in [-0.3, -0.25) is 14.3 Å². The highest BCUT2D eigenvalue weighted by Gasteiger charge is 2.23. The molecule has 0 radical (unpaired) electrons. The molecule has 1 aliphatic carbocycles. The lowest BCUT2D eigenvalue weighted by molar-refractivity contribution is -0.127. The molecule has 156 valence electrons. The predicted molar refractivity (Wildman–Crippen MR) is 111 cm³/mol. The molecule has 0 saturated carbocycles. The van der Waals surface area contributed by atoms with Gasteiger partial charge in [0, 0.05) is 50.5 Å². The minimum atomic E-state index is -0.166. The summed E-state index contributed by atoms with van der Waals surface area (Å²) in [6.07, 6.45) is 3.89. The molecule has 7 nitrogen and oxygen atoms in total. The van der Waals surface area contributed by atoms with Crippen LogP contribution in [0, 0.1) is 0 Å². The first-order chi connectivity index (χ1) is 13.6. The summed E-state index contributed by atoms with van der Waals surface area (Å²) >= 11 is 1.42. The molecular weight excluding hydrogens is 376 g/mol. The highest BCUT2D eigenvalue weighted by Crippen LogP contribution is 2.29. The fraction of sp³-hybridized carbons (Fsp3) is 0.750. The molecule has 0 spiro atoms. The van der Waals surface area contributed by atoms with Crippen molar-refractivity contribution in [3.05, 3.63) is 21.7 Å². The van der Waals surface area contributed by atoms with Gasteiger partial charge in [-0.05, 0) is 39.5 Å². The second-order valence-corrected chi connectivity index (χ2v) is 8.26. The number of carbonyl (C=O) groups is 1. The highest BCUT2D eigenvalue weighted by atomic mass is 32.2.